The Morgan fingerprint density at radius 1 is 1.07 bits per heavy atom. The fourth-order valence-electron chi connectivity index (χ4n) is 3.31. The highest BCUT2D eigenvalue weighted by molar-refractivity contribution is 6.06. The minimum absolute atomic E-state index is 0.0139. The van der Waals surface area contributed by atoms with Gasteiger partial charge in [0.05, 0.1) is 5.92 Å². The van der Waals surface area contributed by atoms with Crippen molar-refractivity contribution >= 4 is 29.1 Å². The van der Waals surface area contributed by atoms with Crippen LogP contribution < -0.4 is 10.2 Å². The Kier molecular flexibility index (Phi) is 5.78. The maximum Gasteiger partial charge on any atom is 0.258 e. The van der Waals surface area contributed by atoms with E-state index in [0.717, 1.165) is 5.69 Å². The zero-order valence-corrected chi connectivity index (χ0v) is 16.4. The van der Waals surface area contributed by atoms with Crippen LogP contribution in [0.2, 0.25) is 0 Å². The first-order valence-electron chi connectivity index (χ1n) is 9.40. The van der Waals surface area contributed by atoms with E-state index >= 15 is 0 Å². The molecule has 1 atom stereocenters. The van der Waals surface area contributed by atoms with E-state index in [4.69, 9.17) is 0 Å². The highest BCUT2D eigenvalue weighted by Gasteiger charge is 2.35. The molecule has 1 fully saturated rings. The van der Waals surface area contributed by atoms with Gasteiger partial charge < -0.3 is 15.1 Å². The van der Waals surface area contributed by atoms with Crippen LogP contribution in [0.15, 0.2) is 54.6 Å². The molecule has 2 aromatic carbocycles. The average Bonchev–Trinajstić information content (AvgIpc) is 3.10. The second-order valence-corrected chi connectivity index (χ2v) is 7.31. The molecular weight excluding hydrogens is 354 g/mol. The Balaban J connectivity index is 1.62. The Morgan fingerprint density at radius 3 is 2.29 bits per heavy atom. The minimum Gasteiger partial charge on any atom is -0.339 e. The first-order chi connectivity index (χ1) is 13.4. The fourth-order valence-corrected chi connectivity index (χ4v) is 3.31. The van der Waals surface area contributed by atoms with Gasteiger partial charge in [-0.15, -0.1) is 0 Å². The molecule has 0 bridgehead atoms. The molecule has 1 unspecified atom stereocenters. The molecule has 1 saturated heterocycles. The second kappa shape index (κ2) is 8.25. The SMILES string of the molecule is CC(C)N1CC(C(=O)Nc2ccc(C(=O)N(C)c3ccccc3)cc2)CC1=O. The molecule has 2 aromatic rings. The van der Waals surface area contributed by atoms with Crippen molar-refractivity contribution in [3.63, 3.8) is 0 Å². The number of carbonyl (C=O) groups is 3. The normalized spacial score (nSPS) is 16.4. The molecule has 1 aliphatic heterocycles. The van der Waals surface area contributed by atoms with Gasteiger partial charge in [-0.2, -0.15) is 0 Å². The van der Waals surface area contributed by atoms with Crippen molar-refractivity contribution in [3.05, 3.63) is 60.2 Å². The predicted octanol–water partition coefficient (Wildman–Crippen LogP) is 3.16. The van der Waals surface area contributed by atoms with Gasteiger partial charge in [-0.25, -0.2) is 0 Å². The average molecular weight is 379 g/mol. The molecule has 0 aromatic heterocycles. The largest absolute Gasteiger partial charge is 0.339 e. The first-order valence-corrected chi connectivity index (χ1v) is 9.40. The zero-order chi connectivity index (χ0) is 20.3. The van der Waals surface area contributed by atoms with Crippen molar-refractivity contribution < 1.29 is 14.4 Å². The van der Waals surface area contributed by atoms with Crippen molar-refractivity contribution in [2.45, 2.75) is 26.3 Å². The molecule has 0 radical (unpaired) electrons. The number of anilines is 2. The predicted molar refractivity (Wildman–Crippen MR) is 109 cm³/mol. The van der Waals surface area contributed by atoms with Gasteiger partial charge in [0.25, 0.3) is 5.91 Å². The number of likely N-dealkylation sites (tertiary alicyclic amines) is 1. The van der Waals surface area contributed by atoms with E-state index in [1.165, 1.54) is 0 Å². The number of amides is 3. The Hall–Kier alpha value is -3.15. The van der Waals surface area contributed by atoms with Gasteiger partial charge in [0.15, 0.2) is 0 Å². The van der Waals surface area contributed by atoms with Gasteiger partial charge in [0.2, 0.25) is 11.8 Å². The highest BCUT2D eigenvalue weighted by atomic mass is 16.2. The molecule has 6 nitrogen and oxygen atoms in total. The third kappa shape index (κ3) is 4.22. The lowest BCUT2D eigenvalue weighted by molar-refractivity contribution is -0.129. The van der Waals surface area contributed by atoms with Crippen LogP contribution in [-0.2, 0) is 9.59 Å². The lowest BCUT2D eigenvalue weighted by atomic mass is 10.1. The summed E-state index contributed by atoms with van der Waals surface area (Å²) in [6.45, 7) is 4.33. The molecule has 0 aliphatic carbocycles. The van der Waals surface area contributed by atoms with Crippen LogP contribution in [0.4, 0.5) is 11.4 Å². The van der Waals surface area contributed by atoms with Crippen LogP contribution in [0.1, 0.15) is 30.6 Å². The molecule has 28 heavy (non-hydrogen) atoms. The summed E-state index contributed by atoms with van der Waals surface area (Å²) in [5.41, 5.74) is 1.95. The highest BCUT2D eigenvalue weighted by Crippen LogP contribution is 2.22. The van der Waals surface area contributed by atoms with Crippen molar-refractivity contribution in [1.29, 1.82) is 0 Å². The lowest BCUT2D eigenvalue weighted by Crippen LogP contribution is -2.33. The molecule has 3 amide bonds. The van der Waals surface area contributed by atoms with Crippen LogP contribution in [-0.4, -0.2) is 42.3 Å². The van der Waals surface area contributed by atoms with Crippen molar-refractivity contribution in [2.24, 2.45) is 5.92 Å². The summed E-state index contributed by atoms with van der Waals surface area (Å²) in [6.07, 6.45) is 0.239. The van der Waals surface area contributed by atoms with Crippen LogP contribution in [0.3, 0.4) is 0 Å². The maximum atomic E-state index is 12.6. The number of hydrogen-bond acceptors (Lipinski definition) is 3. The van der Waals surface area contributed by atoms with Crippen molar-refractivity contribution in [2.75, 3.05) is 23.8 Å². The number of para-hydroxylation sites is 1. The third-order valence-electron chi connectivity index (χ3n) is 5.00. The number of nitrogens with one attached hydrogen (secondary N) is 1. The molecule has 3 rings (SSSR count). The van der Waals surface area contributed by atoms with E-state index in [-0.39, 0.29) is 36.1 Å². The van der Waals surface area contributed by atoms with Gasteiger partial charge in [0.1, 0.15) is 0 Å². The zero-order valence-electron chi connectivity index (χ0n) is 16.4. The van der Waals surface area contributed by atoms with Crippen LogP contribution >= 0.6 is 0 Å². The molecule has 1 heterocycles. The van der Waals surface area contributed by atoms with Crippen molar-refractivity contribution in [3.8, 4) is 0 Å². The monoisotopic (exact) mass is 379 g/mol. The Bertz CT molecular complexity index is 862. The second-order valence-electron chi connectivity index (χ2n) is 7.31. The number of nitrogens with zero attached hydrogens (tertiary/aromatic N) is 2. The number of rotatable bonds is 5. The molecule has 1 N–H and O–H groups in total. The summed E-state index contributed by atoms with van der Waals surface area (Å²) in [5.74, 6) is -0.629. The van der Waals surface area contributed by atoms with E-state index in [0.29, 0.717) is 17.8 Å². The van der Waals surface area contributed by atoms with E-state index < -0.39 is 0 Å². The van der Waals surface area contributed by atoms with Gasteiger partial charge in [0, 0.05) is 43.0 Å². The van der Waals surface area contributed by atoms with E-state index in [1.807, 2.05) is 44.2 Å². The molecule has 6 heteroatoms. The van der Waals surface area contributed by atoms with E-state index in [1.54, 1.807) is 41.1 Å². The number of hydrogen-bond donors (Lipinski definition) is 1. The number of carbonyl (C=O) groups excluding carboxylic acids is 3. The molecule has 1 aliphatic rings. The quantitative estimate of drug-likeness (QED) is 0.868. The van der Waals surface area contributed by atoms with E-state index in [9.17, 15) is 14.4 Å². The van der Waals surface area contributed by atoms with Gasteiger partial charge in [-0.3, -0.25) is 14.4 Å². The summed E-state index contributed by atoms with van der Waals surface area (Å²) < 4.78 is 0. The third-order valence-corrected chi connectivity index (χ3v) is 5.00. The summed E-state index contributed by atoms with van der Waals surface area (Å²) in [5, 5.41) is 2.85. The lowest BCUT2D eigenvalue weighted by Gasteiger charge is -2.20. The standard InChI is InChI=1S/C22H25N3O3/c1-15(2)25-14-17(13-20(25)26)21(27)23-18-11-9-16(10-12-18)22(28)24(3)19-7-5-4-6-8-19/h4-12,15,17H,13-14H2,1-3H3,(H,23,27). The van der Waals surface area contributed by atoms with Gasteiger partial charge in [-0.1, -0.05) is 18.2 Å². The summed E-state index contributed by atoms with van der Waals surface area (Å²) >= 11 is 0. The van der Waals surface area contributed by atoms with Crippen molar-refractivity contribution in [1.82, 2.24) is 4.90 Å². The molecule has 0 saturated carbocycles. The number of benzene rings is 2. The Labute approximate surface area is 165 Å². The smallest absolute Gasteiger partial charge is 0.258 e. The van der Waals surface area contributed by atoms with E-state index in [2.05, 4.69) is 5.32 Å². The summed E-state index contributed by atoms with van der Waals surface area (Å²) in [7, 11) is 1.73. The first kappa shape index (κ1) is 19.6. The van der Waals surface area contributed by atoms with Crippen LogP contribution in [0, 0.1) is 5.92 Å². The molecule has 146 valence electrons. The van der Waals surface area contributed by atoms with Crippen LogP contribution in [0.25, 0.3) is 0 Å². The fraction of sp³-hybridized carbons (Fsp3) is 0.318. The van der Waals surface area contributed by atoms with Gasteiger partial charge in [-0.05, 0) is 50.2 Å². The van der Waals surface area contributed by atoms with Crippen LogP contribution in [0.5, 0.6) is 0 Å². The topological polar surface area (TPSA) is 69.7 Å². The summed E-state index contributed by atoms with van der Waals surface area (Å²) in [6, 6.07) is 16.3. The Morgan fingerprint density at radius 2 is 1.71 bits per heavy atom. The minimum atomic E-state index is -0.347. The molecular formula is C22H25N3O3. The van der Waals surface area contributed by atoms with Gasteiger partial charge >= 0.3 is 0 Å². The maximum absolute atomic E-state index is 12.6. The summed E-state index contributed by atoms with van der Waals surface area (Å²) in [4.78, 5) is 40.4. The molecule has 0 spiro atoms.